The molecule has 0 fully saturated rings. The number of anilines is 1. The Bertz CT molecular complexity index is 826. The number of aryl methyl sites for hydroxylation is 2. The van der Waals surface area contributed by atoms with Crippen LogP contribution in [0.4, 0.5) is 5.13 Å². The van der Waals surface area contributed by atoms with Gasteiger partial charge < -0.3 is 0 Å². The normalized spacial score (nSPS) is 15.0. The molecule has 0 saturated heterocycles. The Morgan fingerprint density at radius 2 is 2.04 bits per heavy atom. The lowest BCUT2D eigenvalue weighted by molar-refractivity contribution is 0.102. The van der Waals surface area contributed by atoms with Gasteiger partial charge in [-0.1, -0.05) is 25.0 Å². The Hall–Kier alpha value is -2.21. The molecule has 2 heterocycles. The Balaban J connectivity index is 1.59. The summed E-state index contributed by atoms with van der Waals surface area (Å²) in [7, 11) is 0. The number of aromatic amines is 1. The maximum atomic E-state index is 12.6. The topological polar surface area (TPSA) is 70.7 Å². The number of nitrogens with one attached hydrogen (secondary N) is 2. The third kappa shape index (κ3) is 2.86. The monoisotopic (exact) mass is 326 g/mol. The van der Waals surface area contributed by atoms with Crippen LogP contribution in [0.2, 0.25) is 0 Å². The summed E-state index contributed by atoms with van der Waals surface area (Å²) in [5, 5.41) is 11.5. The summed E-state index contributed by atoms with van der Waals surface area (Å²) in [6.07, 6.45) is 8.81. The number of nitrogens with zero attached hydrogens (tertiary/aromatic N) is 2. The van der Waals surface area contributed by atoms with Crippen LogP contribution in [0.15, 0.2) is 24.4 Å². The van der Waals surface area contributed by atoms with Crippen molar-refractivity contribution in [1.29, 1.82) is 0 Å². The first-order chi connectivity index (χ1) is 11.3. The Labute approximate surface area is 138 Å². The molecule has 118 valence electrons. The van der Waals surface area contributed by atoms with E-state index in [1.54, 1.807) is 23.6 Å². The second-order valence-electron chi connectivity index (χ2n) is 5.90. The smallest absolute Gasteiger partial charge is 0.259 e. The molecule has 6 heteroatoms. The summed E-state index contributed by atoms with van der Waals surface area (Å²) in [5.41, 5.74) is 2.53. The number of hydrogen-bond donors (Lipinski definition) is 2. The van der Waals surface area contributed by atoms with Crippen molar-refractivity contribution in [3.8, 4) is 0 Å². The van der Waals surface area contributed by atoms with Crippen LogP contribution in [-0.2, 0) is 12.8 Å². The van der Waals surface area contributed by atoms with E-state index >= 15 is 0 Å². The molecule has 0 atom stereocenters. The van der Waals surface area contributed by atoms with Crippen LogP contribution in [0.25, 0.3) is 10.9 Å². The molecule has 0 aliphatic heterocycles. The van der Waals surface area contributed by atoms with Crippen molar-refractivity contribution in [3.05, 3.63) is 40.5 Å². The molecule has 5 nitrogen and oxygen atoms in total. The van der Waals surface area contributed by atoms with E-state index in [0.29, 0.717) is 10.7 Å². The minimum Gasteiger partial charge on any atom is -0.298 e. The van der Waals surface area contributed by atoms with Gasteiger partial charge in [0.1, 0.15) is 0 Å². The number of thiazole rings is 1. The van der Waals surface area contributed by atoms with Crippen LogP contribution in [0.1, 0.15) is 46.6 Å². The molecular formula is C17H18N4OS. The van der Waals surface area contributed by atoms with Gasteiger partial charge in [0.05, 0.1) is 23.0 Å². The number of rotatable bonds is 2. The van der Waals surface area contributed by atoms with Crippen LogP contribution in [-0.4, -0.2) is 21.1 Å². The second-order valence-corrected chi connectivity index (χ2v) is 6.98. The molecule has 1 aliphatic carbocycles. The van der Waals surface area contributed by atoms with Crippen molar-refractivity contribution in [2.75, 3.05) is 5.32 Å². The summed E-state index contributed by atoms with van der Waals surface area (Å²) in [6, 6.07) is 5.61. The van der Waals surface area contributed by atoms with E-state index in [9.17, 15) is 4.79 Å². The van der Waals surface area contributed by atoms with Crippen molar-refractivity contribution in [3.63, 3.8) is 0 Å². The molecule has 23 heavy (non-hydrogen) atoms. The highest BCUT2D eigenvalue weighted by molar-refractivity contribution is 7.15. The zero-order chi connectivity index (χ0) is 15.6. The number of fused-ring (bicyclic) bond motifs is 2. The van der Waals surface area contributed by atoms with Crippen molar-refractivity contribution >= 4 is 33.3 Å². The maximum Gasteiger partial charge on any atom is 0.259 e. The number of aromatic nitrogens is 3. The number of para-hydroxylation sites is 1. The molecule has 1 aliphatic rings. The van der Waals surface area contributed by atoms with Gasteiger partial charge in [0.15, 0.2) is 5.13 Å². The van der Waals surface area contributed by atoms with Crippen molar-refractivity contribution < 1.29 is 4.79 Å². The lowest BCUT2D eigenvalue weighted by Crippen LogP contribution is -2.12. The molecule has 1 aromatic carbocycles. The van der Waals surface area contributed by atoms with Gasteiger partial charge in [0.2, 0.25) is 0 Å². The van der Waals surface area contributed by atoms with E-state index in [1.165, 1.54) is 36.3 Å². The van der Waals surface area contributed by atoms with Gasteiger partial charge >= 0.3 is 0 Å². The molecule has 0 saturated carbocycles. The van der Waals surface area contributed by atoms with Crippen LogP contribution in [0, 0.1) is 0 Å². The van der Waals surface area contributed by atoms with Crippen LogP contribution in [0.5, 0.6) is 0 Å². The summed E-state index contributed by atoms with van der Waals surface area (Å²) < 4.78 is 0. The highest BCUT2D eigenvalue weighted by Gasteiger charge is 2.17. The predicted molar refractivity (Wildman–Crippen MR) is 92.0 cm³/mol. The van der Waals surface area contributed by atoms with Crippen molar-refractivity contribution in [1.82, 2.24) is 15.2 Å². The molecule has 0 bridgehead atoms. The van der Waals surface area contributed by atoms with Crippen molar-refractivity contribution in [2.24, 2.45) is 0 Å². The molecule has 1 amide bonds. The molecular weight excluding hydrogens is 308 g/mol. The van der Waals surface area contributed by atoms with Gasteiger partial charge in [0, 0.05) is 10.3 Å². The fourth-order valence-electron chi connectivity index (χ4n) is 3.08. The number of amides is 1. The highest BCUT2D eigenvalue weighted by atomic mass is 32.1. The number of carbonyl (C=O) groups excluding carboxylic acids is 1. The molecule has 0 spiro atoms. The van der Waals surface area contributed by atoms with Crippen molar-refractivity contribution in [2.45, 2.75) is 38.5 Å². The van der Waals surface area contributed by atoms with E-state index in [2.05, 4.69) is 20.5 Å². The quantitative estimate of drug-likeness (QED) is 0.749. The maximum absolute atomic E-state index is 12.6. The van der Waals surface area contributed by atoms with Gasteiger partial charge in [-0.15, -0.1) is 11.3 Å². The highest BCUT2D eigenvalue weighted by Crippen LogP contribution is 2.29. The number of H-pyrrole nitrogens is 1. The number of hydrogen-bond acceptors (Lipinski definition) is 4. The minimum absolute atomic E-state index is 0.137. The largest absolute Gasteiger partial charge is 0.298 e. The lowest BCUT2D eigenvalue weighted by Gasteiger charge is -2.06. The van der Waals surface area contributed by atoms with E-state index in [0.717, 1.165) is 23.7 Å². The summed E-state index contributed by atoms with van der Waals surface area (Å²) in [6.45, 7) is 0. The molecule has 2 N–H and O–H groups in total. The van der Waals surface area contributed by atoms with Gasteiger partial charge in [0.25, 0.3) is 5.91 Å². The molecule has 3 aromatic rings. The zero-order valence-corrected chi connectivity index (χ0v) is 13.6. The Morgan fingerprint density at radius 1 is 1.17 bits per heavy atom. The van der Waals surface area contributed by atoms with Crippen LogP contribution in [0.3, 0.4) is 0 Å². The van der Waals surface area contributed by atoms with E-state index in [1.807, 2.05) is 12.1 Å². The second kappa shape index (κ2) is 6.12. The summed E-state index contributed by atoms with van der Waals surface area (Å²) in [5.74, 6) is -0.137. The van der Waals surface area contributed by atoms with Gasteiger partial charge in [-0.2, -0.15) is 5.10 Å². The lowest BCUT2D eigenvalue weighted by atomic mass is 10.0. The van der Waals surface area contributed by atoms with Gasteiger partial charge in [-0.3, -0.25) is 15.2 Å². The van der Waals surface area contributed by atoms with Gasteiger partial charge in [-0.25, -0.2) is 4.98 Å². The summed E-state index contributed by atoms with van der Waals surface area (Å²) >= 11 is 1.62. The molecule has 0 unspecified atom stereocenters. The number of benzene rings is 1. The average Bonchev–Trinajstić information content (AvgIpc) is 3.14. The third-order valence-corrected chi connectivity index (χ3v) is 5.36. The first-order valence-corrected chi connectivity index (χ1v) is 8.85. The van der Waals surface area contributed by atoms with Crippen LogP contribution < -0.4 is 5.32 Å². The van der Waals surface area contributed by atoms with Gasteiger partial charge in [-0.05, 0) is 31.7 Å². The van der Waals surface area contributed by atoms with E-state index in [4.69, 9.17) is 0 Å². The molecule has 2 aromatic heterocycles. The molecule has 4 rings (SSSR count). The molecule has 0 radical (unpaired) electrons. The van der Waals surface area contributed by atoms with E-state index < -0.39 is 0 Å². The third-order valence-electron chi connectivity index (χ3n) is 4.29. The summed E-state index contributed by atoms with van der Waals surface area (Å²) in [4.78, 5) is 18.6. The number of carbonyl (C=O) groups is 1. The zero-order valence-electron chi connectivity index (χ0n) is 12.8. The first-order valence-electron chi connectivity index (χ1n) is 8.03. The van der Waals surface area contributed by atoms with E-state index in [-0.39, 0.29) is 5.91 Å². The predicted octanol–water partition coefficient (Wildman–Crippen LogP) is 3.93. The standard InChI is InChI=1S/C17H18N4OS/c22-16(12-7-5-6-11-10-18-21-15(11)12)20-17-19-13-8-3-1-2-4-9-14(13)23-17/h5-7,10H,1-4,8-9H2,(H,18,21)(H,19,20,22). The SMILES string of the molecule is O=C(Nc1nc2c(s1)CCCCCC2)c1cccc2cn[nH]c12. The Morgan fingerprint density at radius 3 is 2.96 bits per heavy atom. The fraction of sp³-hybridized carbons (Fsp3) is 0.353. The fourth-order valence-corrected chi connectivity index (χ4v) is 4.13. The minimum atomic E-state index is -0.137. The first kappa shape index (κ1) is 14.4. The van der Waals surface area contributed by atoms with Crippen LogP contribution >= 0.6 is 11.3 Å². The average molecular weight is 326 g/mol. The Kier molecular flexibility index (Phi) is 3.83.